The minimum Gasteiger partial charge on any atom is -0.326 e. The number of hydrogen-bond acceptors (Lipinski definition) is 8. The number of nitrogens with one attached hydrogen (secondary N) is 3. The third kappa shape index (κ3) is 5.16. The van der Waals surface area contributed by atoms with Crippen LogP contribution in [0.3, 0.4) is 0 Å². The molecule has 0 spiro atoms. The average Bonchev–Trinajstić information content (AvgIpc) is 3.51. The van der Waals surface area contributed by atoms with E-state index in [4.69, 9.17) is 5.73 Å². The van der Waals surface area contributed by atoms with Gasteiger partial charge >= 0.3 is 0 Å². The summed E-state index contributed by atoms with van der Waals surface area (Å²) in [4.78, 5) is 20.0. The third-order valence-corrected chi connectivity index (χ3v) is 6.21. The zero-order valence-electron chi connectivity index (χ0n) is 18.2. The number of nitrogens with two attached hydrogens (primary N) is 1. The van der Waals surface area contributed by atoms with Crippen molar-refractivity contribution in [1.29, 1.82) is 0 Å². The number of amides is 1. The maximum Gasteiger partial charge on any atom is 0.238 e. The first-order valence-corrected chi connectivity index (χ1v) is 11.5. The molecular weight excluding hydrogens is 438 g/mol. The van der Waals surface area contributed by atoms with Gasteiger partial charge in [-0.3, -0.25) is 14.8 Å². The van der Waals surface area contributed by atoms with Gasteiger partial charge in [-0.25, -0.2) is 9.50 Å². The fraction of sp³-hybridized carbons (Fsp3) is 0.273. The molecule has 5 rings (SSSR count). The summed E-state index contributed by atoms with van der Waals surface area (Å²) in [5.41, 5.74) is 8.49. The van der Waals surface area contributed by atoms with Crippen LogP contribution in [-0.4, -0.2) is 61.3 Å². The molecule has 4 aromatic rings. The SMILES string of the molecule is Cc1cc(Nc2nc(Sc3ccc(NC(=O)CN4CC[C@@H](N)C4)cc3)nn3cccc23)n[nH]1. The van der Waals surface area contributed by atoms with E-state index in [1.54, 1.807) is 4.52 Å². The second kappa shape index (κ2) is 9.22. The zero-order valence-corrected chi connectivity index (χ0v) is 19.0. The van der Waals surface area contributed by atoms with Crippen LogP contribution in [0.4, 0.5) is 17.3 Å². The monoisotopic (exact) mass is 463 g/mol. The summed E-state index contributed by atoms with van der Waals surface area (Å²) in [5, 5.41) is 18.5. The van der Waals surface area contributed by atoms with E-state index in [0.717, 1.165) is 41.3 Å². The molecule has 0 aliphatic carbocycles. The van der Waals surface area contributed by atoms with Crippen molar-refractivity contribution in [2.24, 2.45) is 5.73 Å². The summed E-state index contributed by atoms with van der Waals surface area (Å²) >= 11 is 1.44. The lowest BCUT2D eigenvalue weighted by Crippen LogP contribution is -2.33. The molecule has 4 heterocycles. The average molecular weight is 464 g/mol. The number of carbonyl (C=O) groups excluding carboxylic acids is 1. The molecule has 3 aromatic heterocycles. The molecule has 1 aromatic carbocycles. The number of anilines is 3. The fourth-order valence-corrected chi connectivity index (χ4v) is 4.52. The van der Waals surface area contributed by atoms with Gasteiger partial charge in [-0.15, -0.1) is 5.10 Å². The van der Waals surface area contributed by atoms with Crippen LogP contribution in [0, 0.1) is 6.92 Å². The maximum atomic E-state index is 12.3. The fourth-order valence-electron chi connectivity index (χ4n) is 3.77. The van der Waals surface area contributed by atoms with E-state index in [1.807, 2.05) is 55.6 Å². The molecule has 0 radical (unpaired) electrons. The van der Waals surface area contributed by atoms with Crippen LogP contribution in [0.15, 0.2) is 58.7 Å². The quantitative estimate of drug-likeness (QED) is 0.329. The molecular formula is C22H25N9OS. The van der Waals surface area contributed by atoms with E-state index in [1.165, 1.54) is 11.8 Å². The Morgan fingerprint density at radius 1 is 1.30 bits per heavy atom. The van der Waals surface area contributed by atoms with Crippen molar-refractivity contribution in [2.45, 2.75) is 29.4 Å². The molecule has 0 bridgehead atoms. The highest BCUT2D eigenvalue weighted by Crippen LogP contribution is 2.28. The minimum atomic E-state index is -0.0322. The first-order valence-electron chi connectivity index (χ1n) is 10.7. The zero-order chi connectivity index (χ0) is 22.8. The molecule has 170 valence electrons. The molecule has 1 aliphatic rings. The van der Waals surface area contributed by atoms with Gasteiger partial charge in [0.2, 0.25) is 11.1 Å². The molecule has 11 heteroatoms. The van der Waals surface area contributed by atoms with Gasteiger partial charge in [-0.1, -0.05) is 0 Å². The van der Waals surface area contributed by atoms with Gasteiger partial charge in [-0.05, 0) is 61.5 Å². The summed E-state index contributed by atoms with van der Waals surface area (Å²) < 4.78 is 1.79. The number of hydrogen-bond donors (Lipinski definition) is 4. The van der Waals surface area contributed by atoms with Crippen molar-refractivity contribution in [2.75, 3.05) is 30.3 Å². The molecule has 33 heavy (non-hydrogen) atoms. The number of aryl methyl sites for hydroxylation is 1. The van der Waals surface area contributed by atoms with Crippen molar-refractivity contribution in [1.82, 2.24) is 29.7 Å². The van der Waals surface area contributed by atoms with Crippen LogP contribution >= 0.6 is 11.8 Å². The largest absolute Gasteiger partial charge is 0.326 e. The van der Waals surface area contributed by atoms with Crippen LogP contribution in [0.1, 0.15) is 12.1 Å². The van der Waals surface area contributed by atoms with Gasteiger partial charge in [0.05, 0.1) is 6.54 Å². The summed E-state index contributed by atoms with van der Waals surface area (Å²) in [6.07, 6.45) is 2.82. The van der Waals surface area contributed by atoms with Gasteiger partial charge in [0, 0.05) is 47.7 Å². The topological polar surface area (TPSA) is 129 Å². The summed E-state index contributed by atoms with van der Waals surface area (Å²) in [5.74, 6) is 1.34. The standard InChI is InChI=1S/C22H25N9OS/c1-14-11-19(28-27-14)25-21-18-3-2-9-31(18)29-22(26-21)33-17-6-4-16(5-7-17)24-20(32)13-30-10-8-15(23)12-30/h2-7,9,11,15H,8,10,12-13,23H2,1H3,(H,24,32)(H2,25,26,27,28,29)/t15-/m1/s1. The van der Waals surface area contributed by atoms with Gasteiger partial charge in [0.1, 0.15) is 5.52 Å². The first kappa shape index (κ1) is 21.4. The number of H-pyrrole nitrogens is 1. The molecule has 1 amide bonds. The highest BCUT2D eigenvalue weighted by atomic mass is 32.2. The van der Waals surface area contributed by atoms with Gasteiger partial charge < -0.3 is 16.4 Å². The van der Waals surface area contributed by atoms with Gasteiger partial charge in [0.15, 0.2) is 11.6 Å². The van der Waals surface area contributed by atoms with E-state index in [-0.39, 0.29) is 11.9 Å². The number of carbonyl (C=O) groups is 1. The Morgan fingerprint density at radius 2 is 2.15 bits per heavy atom. The van der Waals surface area contributed by atoms with E-state index >= 15 is 0 Å². The summed E-state index contributed by atoms with van der Waals surface area (Å²) in [6, 6.07) is 13.6. The normalized spacial score (nSPS) is 16.4. The van der Waals surface area contributed by atoms with E-state index in [9.17, 15) is 4.79 Å². The lowest BCUT2D eigenvalue weighted by Gasteiger charge is -2.14. The predicted octanol–water partition coefficient (Wildman–Crippen LogP) is 2.63. The lowest BCUT2D eigenvalue weighted by molar-refractivity contribution is -0.117. The second-order valence-corrected chi connectivity index (χ2v) is 9.14. The molecule has 1 fully saturated rings. The lowest BCUT2D eigenvalue weighted by atomic mass is 10.3. The third-order valence-electron chi connectivity index (χ3n) is 5.35. The van der Waals surface area contributed by atoms with Crippen LogP contribution < -0.4 is 16.4 Å². The molecule has 1 aliphatic heterocycles. The number of rotatable bonds is 7. The predicted molar refractivity (Wildman–Crippen MR) is 128 cm³/mol. The Balaban J connectivity index is 1.26. The highest BCUT2D eigenvalue weighted by molar-refractivity contribution is 7.99. The van der Waals surface area contributed by atoms with Crippen LogP contribution in [0.2, 0.25) is 0 Å². The Morgan fingerprint density at radius 3 is 2.88 bits per heavy atom. The number of likely N-dealkylation sites (tertiary alicyclic amines) is 1. The van der Waals surface area contributed by atoms with E-state index < -0.39 is 0 Å². The number of nitrogens with zero attached hydrogens (tertiary/aromatic N) is 5. The Labute approximate surface area is 195 Å². The molecule has 1 atom stereocenters. The second-order valence-electron chi connectivity index (χ2n) is 8.10. The van der Waals surface area contributed by atoms with Crippen molar-refractivity contribution in [3.8, 4) is 0 Å². The highest BCUT2D eigenvalue weighted by Gasteiger charge is 2.21. The number of fused-ring (bicyclic) bond motifs is 1. The smallest absolute Gasteiger partial charge is 0.238 e. The summed E-state index contributed by atoms with van der Waals surface area (Å²) in [7, 11) is 0. The van der Waals surface area contributed by atoms with Crippen LogP contribution in [-0.2, 0) is 4.79 Å². The maximum absolute atomic E-state index is 12.3. The first-order chi connectivity index (χ1) is 16.0. The van der Waals surface area contributed by atoms with E-state index in [0.29, 0.717) is 23.3 Å². The van der Waals surface area contributed by atoms with E-state index in [2.05, 4.69) is 35.8 Å². The number of aromatic amines is 1. The number of aromatic nitrogens is 5. The van der Waals surface area contributed by atoms with Gasteiger partial charge in [-0.2, -0.15) is 5.10 Å². The Hall–Kier alpha value is -3.41. The molecule has 0 saturated carbocycles. The van der Waals surface area contributed by atoms with Crippen molar-refractivity contribution in [3.63, 3.8) is 0 Å². The van der Waals surface area contributed by atoms with Crippen LogP contribution in [0.25, 0.3) is 5.52 Å². The molecule has 5 N–H and O–H groups in total. The van der Waals surface area contributed by atoms with Gasteiger partial charge in [0.25, 0.3) is 0 Å². The van der Waals surface area contributed by atoms with Crippen molar-refractivity contribution in [3.05, 3.63) is 54.4 Å². The number of benzene rings is 1. The molecule has 0 unspecified atom stereocenters. The van der Waals surface area contributed by atoms with Crippen molar-refractivity contribution < 1.29 is 4.79 Å². The Bertz CT molecular complexity index is 1270. The molecule has 10 nitrogen and oxygen atoms in total. The van der Waals surface area contributed by atoms with Crippen molar-refractivity contribution >= 4 is 40.5 Å². The Kier molecular flexibility index (Phi) is 5.99. The molecule has 1 saturated heterocycles. The summed E-state index contributed by atoms with van der Waals surface area (Å²) in [6.45, 7) is 3.94. The minimum absolute atomic E-state index is 0.0322. The van der Waals surface area contributed by atoms with Crippen LogP contribution in [0.5, 0.6) is 0 Å².